The Morgan fingerprint density at radius 1 is 1.24 bits per heavy atom. The van der Waals surface area contributed by atoms with Gasteiger partial charge in [0.15, 0.2) is 0 Å². The number of rotatable bonds is 7. The van der Waals surface area contributed by atoms with Crippen LogP contribution in [0.3, 0.4) is 0 Å². The molecule has 3 rings (SSSR count). The minimum atomic E-state index is -0.492. The molecule has 1 aromatic carbocycles. The zero-order chi connectivity index (χ0) is 24.0. The van der Waals surface area contributed by atoms with Crippen molar-refractivity contribution in [3.05, 3.63) is 35.0 Å². The molecule has 33 heavy (non-hydrogen) atoms. The van der Waals surface area contributed by atoms with Gasteiger partial charge in [0.05, 0.1) is 17.6 Å². The summed E-state index contributed by atoms with van der Waals surface area (Å²) in [6.07, 6.45) is 5.15. The first-order chi connectivity index (χ1) is 15.7. The fourth-order valence-corrected chi connectivity index (χ4v) is 4.26. The van der Waals surface area contributed by atoms with Crippen LogP contribution in [0.15, 0.2) is 24.4 Å². The molecule has 2 amide bonds. The third-order valence-electron chi connectivity index (χ3n) is 5.77. The molecule has 2 aromatic rings. The zero-order valence-electron chi connectivity index (χ0n) is 19.9. The van der Waals surface area contributed by atoms with E-state index in [9.17, 15) is 9.59 Å². The predicted molar refractivity (Wildman–Crippen MR) is 130 cm³/mol. The van der Waals surface area contributed by atoms with Gasteiger partial charge in [-0.1, -0.05) is 11.6 Å². The van der Waals surface area contributed by atoms with Gasteiger partial charge < -0.3 is 19.7 Å². The summed E-state index contributed by atoms with van der Waals surface area (Å²) < 4.78 is 10.7. The molecule has 0 saturated carbocycles. The average molecular weight is 476 g/mol. The summed E-state index contributed by atoms with van der Waals surface area (Å²) in [7, 11) is 1.62. The summed E-state index contributed by atoms with van der Waals surface area (Å²) in [6.45, 7) is 7.44. The molecule has 1 N–H and O–H groups in total. The van der Waals surface area contributed by atoms with Crippen molar-refractivity contribution in [2.45, 2.75) is 58.5 Å². The monoisotopic (exact) mass is 475 g/mol. The van der Waals surface area contributed by atoms with Crippen LogP contribution in [-0.4, -0.2) is 54.2 Å². The fraction of sp³-hybridized carbons (Fsp3) is 0.560. The van der Waals surface area contributed by atoms with E-state index in [1.54, 1.807) is 18.2 Å². The number of nitrogens with one attached hydrogen (secondary N) is 1. The van der Waals surface area contributed by atoms with E-state index in [0.717, 1.165) is 47.9 Å². The SMILES string of the molecule is COc1ccc2ncc(CCCNC(=O)CC3CCN(C(=O)OC(C)(C)C)CC3)c(Cl)c2c1. The number of fused-ring (bicyclic) bond motifs is 1. The molecule has 1 saturated heterocycles. The number of pyridine rings is 1. The molecule has 0 atom stereocenters. The molecule has 180 valence electrons. The molecule has 7 nitrogen and oxygen atoms in total. The van der Waals surface area contributed by atoms with Crippen LogP contribution in [-0.2, 0) is 16.0 Å². The lowest BCUT2D eigenvalue weighted by molar-refractivity contribution is -0.122. The molecular formula is C25H34ClN3O4. The number of aryl methyl sites for hydroxylation is 1. The summed E-state index contributed by atoms with van der Waals surface area (Å²) in [5, 5.41) is 4.57. The number of hydrogen-bond acceptors (Lipinski definition) is 5. The highest BCUT2D eigenvalue weighted by Gasteiger charge is 2.27. The summed E-state index contributed by atoms with van der Waals surface area (Å²) in [4.78, 5) is 30.8. The largest absolute Gasteiger partial charge is 0.497 e. The second-order valence-corrected chi connectivity index (χ2v) is 9.93. The van der Waals surface area contributed by atoms with E-state index >= 15 is 0 Å². The minimum Gasteiger partial charge on any atom is -0.497 e. The number of benzene rings is 1. The summed E-state index contributed by atoms with van der Waals surface area (Å²) >= 11 is 6.59. The molecule has 0 unspecified atom stereocenters. The van der Waals surface area contributed by atoms with Crippen molar-refractivity contribution >= 4 is 34.5 Å². The van der Waals surface area contributed by atoms with Gasteiger partial charge in [-0.15, -0.1) is 0 Å². The van der Waals surface area contributed by atoms with Gasteiger partial charge in [0, 0.05) is 37.6 Å². The first kappa shape index (κ1) is 25.1. The normalized spacial score (nSPS) is 14.9. The van der Waals surface area contributed by atoms with Gasteiger partial charge in [-0.05, 0) is 76.1 Å². The van der Waals surface area contributed by atoms with E-state index < -0.39 is 5.60 Å². The number of likely N-dealkylation sites (tertiary alicyclic amines) is 1. The van der Waals surface area contributed by atoms with Crippen LogP contribution >= 0.6 is 11.6 Å². The number of ether oxygens (including phenoxy) is 2. The predicted octanol–water partition coefficient (Wildman–Crippen LogP) is 4.98. The molecule has 1 aliphatic heterocycles. The van der Waals surface area contributed by atoms with Crippen LogP contribution < -0.4 is 10.1 Å². The van der Waals surface area contributed by atoms with Crippen LogP contribution in [0.2, 0.25) is 5.02 Å². The molecule has 8 heteroatoms. The van der Waals surface area contributed by atoms with E-state index in [-0.39, 0.29) is 17.9 Å². The van der Waals surface area contributed by atoms with Crippen molar-refractivity contribution in [2.75, 3.05) is 26.7 Å². The Bertz CT molecular complexity index is 982. The van der Waals surface area contributed by atoms with Gasteiger partial charge in [-0.2, -0.15) is 0 Å². The van der Waals surface area contributed by atoms with Crippen LogP contribution in [0.5, 0.6) is 5.75 Å². The Morgan fingerprint density at radius 3 is 2.64 bits per heavy atom. The maximum absolute atomic E-state index is 12.4. The first-order valence-corrected chi connectivity index (χ1v) is 11.9. The highest BCUT2D eigenvalue weighted by Crippen LogP contribution is 2.29. The Labute approximate surface area is 200 Å². The second kappa shape index (κ2) is 11.1. The van der Waals surface area contributed by atoms with E-state index in [0.29, 0.717) is 31.1 Å². The third kappa shape index (κ3) is 7.22. The topological polar surface area (TPSA) is 80.8 Å². The molecule has 1 aliphatic rings. The maximum Gasteiger partial charge on any atom is 0.410 e. The quantitative estimate of drug-likeness (QED) is 0.571. The number of halogens is 1. The van der Waals surface area contributed by atoms with Crippen molar-refractivity contribution in [1.82, 2.24) is 15.2 Å². The van der Waals surface area contributed by atoms with Gasteiger partial charge in [0.2, 0.25) is 5.91 Å². The van der Waals surface area contributed by atoms with E-state index in [1.165, 1.54) is 0 Å². The highest BCUT2D eigenvalue weighted by atomic mass is 35.5. The zero-order valence-corrected chi connectivity index (χ0v) is 20.7. The lowest BCUT2D eigenvalue weighted by Crippen LogP contribution is -2.42. The first-order valence-electron chi connectivity index (χ1n) is 11.5. The number of hydrogen-bond donors (Lipinski definition) is 1. The Kier molecular flexibility index (Phi) is 8.40. The summed E-state index contributed by atoms with van der Waals surface area (Å²) in [6, 6.07) is 5.65. The van der Waals surface area contributed by atoms with Crippen molar-refractivity contribution in [2.24, 2.45) is 5.92 Å². The molecule has 1 fully saturated rings. The molecule has 0 aliphatic carbocycles. The van der Waals surface area contributed by atoms with E-state index in [1.807, 2.05) is 39.0 Å². The Balaban J connectivity index is 1.39. The molecule has 0 bridgehead atoms. The van der Waals surface area contributed by atoms with Gasteiger partial charge >= 0.3 is 6.09 Å². The lowest BCUT2D eigenvalue weighted by Gasteiger charge is -2.33. The summed E-state index contributed by atoms with van der Waals surface area (Å²) in [5.74, 6) is 1.09. The molecule has 1 aromatic heterocycles. The Morgan fingerprint density at radius 2 is 1.97 bits per heavy atom. The van der Waals surface area contributed by atoms with Crippen molar-refractivity contribution in [1.29, 1.82) is 0 Å². The van der Waals surface area contributed by atoms with Crippen LogP contribution in [0.1, 0.15) is 52.0 Å². The van der Waals surface area contributed by atoms with E-state index in [4.69, 9.17) is 21.1 Å². The molecular weight excluding hydrogens is 442 g/mol. The number of amides is 2. The van der Waals surface area contributed by atoms with Gasteiger partial charge in [0.25, 0.3) is 0 Å². The van der Waals surface area contributed by atoms with Crippen molar-refractivity contribution in [3.8, 4) is 5.75 Å². The molecule has 0 spiro atoms. The van der Waals surface area contributed by atoms with Gasteiger partial charge in [-0.25, -0.2) is 4.79 Å². The average Bonchev–Trinajstić information content (AvgIpc) is 2.77. The number of carbonyl (C=O) groups excluding carboxylic acids is 2. The smallest absolute Gasteiger partial charge is 0.410 e. The molecule has 2 heterocycles. The molecule has 0 radical (unpaired) electrons. The highest BCUT2D eigenvalue weighted by molar-refractivity contribution is 6.36. The second-order valence-electron chi connectivity index (χ2n) is 9.55. The van der Waals surface area contributed by atoms with E-state index in [2.05, 4.69) is 10.3 Å². The van der Waals surface area contributed by atoms with Gasteiger partial charge in [-0.3, -0.25) is 9.78 Å². The number of methoxy groups -OCH3 is 1. The van der Waals surface area contributed by atoms with Gasteiger partial charge in [0.1, 0.15) is 11.4 Å². The standard InChI is InChI=1S/C25H34ClN3O4/c1-25(2,3)33-24(31)29-12-9-17(10-13-29)14-22(30)27-11-5-6-18-16-28-21-8-7-19(32-4)15-20(21)23(18)26/h7-8,15-17H,5-6,9-14H2,1-4H3,(H,27,30). The van der Waals surface area contributed by atoms with Crippen molar-refractivity contribution in [3.63, 3.8) is 0 Å². The number of aromatic nitrogens is 1. The Hall–Kier alpha value is -2.54. The van der Waals surface area contributed by atoms with Crippen molar-refractivity contribution < 1.29 is 19.1 Å². The van der Waals surface area contributed by atoms with Crippen LogP contribution in [0.25, 0.3) is 10.9 Å². The number of carbonyl (C=O) groups is 2. The minimum absolute atomic E-state index is 0.0539. The van der Waals surface area contributed by atoms with Crippen LogP contribution in [0.4, 0.5) is 4.79 Å². The summed E-state index contributed by atoms with van der Waals surface area (Å²) in [5.41, 5.74) is 1.30. The lowest BCUT2D eigenvalue weighted by atomic mass is 9.93. The third-order valence-corrected chi connectivity index (χ3v) is 6.21. The maximum atomic E-state index is 12.4. The fourth-order valence-electron chi connectivity index (χ4n) is 3.97. The number of piperidine rings is 1. The number of nitrogens with zero attached hydrogens (tertiary/aromatic N) is 2. The van der Waals surface area contributed by atoms with Crippen LogP contribution in [0, 0.1) is 5.92 Å².